The molecule has 0 aliphatic heterocycles. The second-order valence-corrected chi connectivity index (χ2v) is 9.76. The quantitative estimate of drug-likeness (QED) is 0.0896. The molecule has 2 aromatic rings. The number of carbonyl (C=O) groups is 1. The van der Waals surface area contributed by atoms with E-state index in [1.165, 1.54) is 0 Å². The average molecular weight is 567 g/mol. The number of ether oxygens (including phenoxy) is 2. The monoisotopic (exact) mass is 566 g/mol. The molecule has 0 spiro atoms. The molecule has 0 bridgehead atoms. The van der Waals surface area contributed by atoms with Crippen LogP contribution in [0.25, 0.3) is 11.1 Å². The zero-order valence-corrected chi connectivity index (χ0v) is 21.7. The summed E-state index contributed by atoms with van der Waals surface area (Å²) in [7, 11) is 0. The van der Waals surface area contributed by atoms with Crippen molar-refractivity contribution >= 4 is 5.97 Å². The smallest absolute Gasteiger partial charge is 0.314 e. The Balaban J connectivity index is 1.91. The van der Waals surface area contributed by atoms with Gasteiger partial charge in [-0.25, -0.2) is 17.6 Å². The van der Waals surface area contributed by atoms with Crippen molar-refractivity contribution in [3.63, 3.8) is 0 Å². The lowest BCUT2D eigenvalue weighted by atomic mass is 9.80. The minimum Gasteiger partial charge on any atom is -0.487 e. The van der Waals surface area contributed by atoms with Gasteiger partial charge in [0.15, 0.2) is 29.0 Å². The standard InChI is InChI=1S/C28H30F8O3/c1-3-5-7-13-38-26-22(33)18(29)16(19(30)23(26)34)17-20(31)24(35)27(25(36)21(17)32)39-28(37)15-11-9-14(10-12-15)8-6-4-2/h14-15H,3-13H2,1-2H3/t14-,15-. The molecule has 1 saturated carbocycles. The fourth-order valence-corrected chi connectivity index (χ4v) is 4.77. The van der Waals surface area contributed by atoms with E-state index >= 15 is 0 Å². The van der Waals surface area contributed by atoms with Gasteiger partial charge >= 0.3 is 5.97 Å². The average Bonchev–Trinajstić information content (AvgIpc) is 2.93. The van der Waals surface area contributed by atoms with Crippen LogP contribution in [0.5, 0.6) is 11.5 Å². The van der Waals surface area contributed by atoms with Crippen molar-refractivity contribution < 1.29 is 49.4 Å². The predicted octanol–water partition coefficient (Wildman–Crippen LogP) is 8.94. The largest absolute Gasteiger partial charge is 0.487 e. The minimum atomic E-state index is -2.40. The first kappa shape index (κ1) is 30.7. The number of halogens is 8. The van der Waals surface area contributed by atoms with Crippen molar-refractivity contribution in [1.29, 1.82) is 0 Å². The summed E-state index contributed by atoms with van der Waals surface area (Å²) in [5, 5.41) is 0. The molecule has 11 heteroatoms. The molecule has 0 unspecified atom stereocenters. The van der Waals surface area contributed by atoms with Gasteiger partial charge in [0.2, 0.25) is 29.0 Å². The third kappa shape index (κ3) is 6.49. The normalized spacial score (nSPS) is 17.4. The number of benzene rings is 2. The molecule has 1 aliphatic rings. The Bertz CT molecular complexity index is 1130. The van der Waals surface area contributed by atoms with E-state index in [0.29, 0.717) is 50.9 Å². The van der Waals surface area contributed by atoms with E-state index in [0.717, 1.165) is 19.3 Å². The van der Waals surface area contributed by atoms with Crippen LogP contribution in [-0.4, -0.2) is 12.6 Å². The molecule has 3 rings (SSSR count). The van der Waals surface area contributed by atoms with Crippen LogP contribution in [-0.2, 0) is 4.79 Å². The molecule has 216 valence electrons. The fourth-order valence-electron chi connectivity index (χ4n) is 4.77. The van der Waals surface area contributed by atoms with Crippen LogP contribution < -0.4 is 9.47 Å². The van der Waals surface area contributed by atoms with Gasteiger partial charge in [-0.05, 0) is 38.0 Å². The molecular weight excluding hydrogens is 536 g/mol. The molecule has 1 aliphatic carbocycles. The van der Waals surface area contributed by atoms with Gasteiger partial charge in [0.1, 0.15) is 0 Å². The molecule has 0 atom stereocenters. The van der Waals surface area contributed by atoms with E-state index in [1.807, 2.05) is 13.8 Å². The van der Waals surface area contributed by atoms with E-state index in [-0.39, 0.29) is 6.61 Å². The van der Waals surface area contributed by atoms with Gasteiger partial charge in [-0.3, -0.25) is 4.79 Å². The molecule has 0 heterocycles. The van der Waals surface area contributed by atoms with Gasteiger partial charge in [-0.15, -0.1) is 0 Å². The molecule has 1 fully saturated rings. The first-order valence-electron chi connectivity index (χ1n) is 13.1. The summed E-state index contributed by atoms with van der Waals surface area (Å²) < 4.78 is 127. The van der Waals surface area contributed by atoms with Crippen LogP contribution in [0.4, 0.5) is 35.1 Å². The van der Waals surface area contributed by atoms with Gasteiger partial charge < -0.3 is 9.47 Å². The van der Waals surface area contributed by atoms with Crippen molar-refractivity contribution in [1.82, 2.24) is 0 Å². The summed E-state index contributed by atoms with van der Waals surface area (Å²) in [5.74, 6) is -23.0. The summed E-state index contributed by atoms with van der Waals surface area (Å²) >= 11 is 0. The van der Waals surface area contributed by atoms with Gasteiger partial charge in [-0.2, -0.15) is 17.6 Å². The van der Waals surface area contributed by atoms with Crippen molar-refractivity contribution in [3.05, 3.63) is 46.5 Å². The first-order chi connectivity index (χ1) is 18.5. The molecule has 0 radical (unpaired) electrons. The Labute approximate surface area is 221 Å². The topological polar surface area (TPSA) is 35.5 Å². The molecule has 3 nitrogen and oxygen atoms in total. The van der Waals surface area contributed by atoms with E-state index in [1.54, 1.807) is 0 Å². The molecule has 0 saturated heterocycles. The Hall–Kier alpha value is -2.85. The lowest BCUT2D eigenvalue weighted by Crippen LogP contribution is -2.26. The number of unbranched alkanes of at least 4 members (excludes halogenated alkanes) is 3. The van der Waals surface area contributed by atoms with Crippen LogP contribution in [0.2, 0.25) is 0 Å². The lowest BCUT2D eigenvalue weighted by molar-refractivity contribution is -0.140. The molecule has 0 amide bonds. The van der Waals surface area contributed by atoms with E-state index in [2.05, 4.69) is 4.74 Å². The Morgan fingerprint density at radius 1 is 0.641 bits per heavy atom. The lowest BCUT2D eigenvalue weighted by Gasteiger charge is -2.27. The maximum Gasteiger partial charge on any atom is 0.314 e. The Kier molecular flexibility index (Phi) is 10.6. The van der Waals surface area contributed by atoms with Gasteiger partial charge in [0.05, 0.1) is 23.7 Å². The third-order valence-corrected chi connectivity index (χ3v) is 7.04. The highest BCUT2D eigenvalue weighted by Crippen LogP contribution is 2.42. The van der Waals surface area contributed by atoms with E-state index in [4.69, 9.17) is 4.74 Å². The molecule has 39 heavy (non-hydrogen) atoms. The Morgan fingerprint density at radius 2 is 1.10 bits per heavy atom. The maximum atomic E-state index is 14.9. The van der Waals surface area contributed by atoms with Crippen molar-refractivity contribution in [2.24, 2.45) is 11.8 Å². The summed E-state index contributed by atoms with van der Waals surface area (Å²) in [6.45, 7) is 3.55. The number of hydrogen-bond donors (Lipinski definition) is 0. The summed E-state index contributed by atoms with van der Waals surface area (Å²) in [4.78, 5) is 12.5. The molecule has 0 aromatic heterocycles. The first-order valence-corrected chi connectivity index (χ1v) is 13.1. The third-order valence-electron chi connectivity index (χ3n) is 7.04. The summed E-state index contributed by atoms with van der Waals surface area (Å²) in [5.41, 5.74) is -4.05. The van der Waals surface area contributed by atoms with Crippen molar-refractivity contribution in [2.45, 2.75) is 78.1 Å². The fraction of sp³-hybridized carbons (Fsp3) is 0.536. The number of hydrogen-bond acceptors (Lipinski definition) is 3. The number of rotatable bonds is 11. The molecule has 0 N–H and O–H groups in total. The van der Waals surface area contributed by atoms with Crippen LogP contribution >= 0.6 is 0 Å². The summed E-state index contributed by atoms with van der Waals surface area (Å²) in [6.07, 6.45) is 6.61. The zero-order chi connectivity index (χ0) is 28.9. The number of esters is 1. The van der Waals surface area contributed by atoms with Crippen LogP contribution in [0.3, 0.4) is 0 Å². The van der Waals surface area contributed by atoms with Gasteiger partial charge in [-0.1, -0.05) is 46.0 Å². The predicted molar refractivity (Wildman–Crippen MR) is 127 cm³/mol. The highest BCUT2D eigenvalue weighted by atomic mass is 19.2. The molecular formula is C28H30F8O3. The highest BCUT2D eigenvalue weighted by Gasteiger charge is 2.37. The summed E-state index contributed by atoms with van der Waals surface area (Å²) in [6, 6.07) is 0. The minimum absolute atomic E-state index is 0.292. The van der Waals surface area contributed by atoms with Crippen molar-refractivity contribution in [2.75, 3.05) is 6.61 Å². The maximum absolute atomic E-state index is 14.9. The van der Waals surface area contributed by atoms with E-state index < -0.39 is 81.1 Å². The van der Waals surface area contributed by atoms with Crippen LogP contribution in [0.15, 0.2) is 0 Å². The highest BCUT2D eigenvalue weighted by molar-refractivity contribution is 5.76. The van der Waals surface area contributed by atoms with Crippen LogP contribution in [0, 0.1) is 58.4 Å². The van der Waals surface area contributed by atoms with Crippen molar-refractivity contribution in [3.8, 4) is 22.6 Å². The second-order valence-electron chi connectivity index (χ2n) is 9.76. The SMILES string of the molecule is CCCCCOc1c(F)c(F)c(-c2c(F)c(F)c(OC(=O)[C@H]3CC[C@H](CCCC)CC3)c(F)c2F)c(F)c1F. The van der Waals surface area contributed by atoms with Gasteiger partial charge in [0.25, 0.3) is 0 Å². The van der Waals surface area contributed by atoms with Gasteiger partial charge in [0, 0.05) is 0 Å². The van der Waals surface area contributed by atoms with E-state index in [9.17, 15) is 39.9 Å². The van der Waals surface area contributed by atoms with Crippen LogP contribution in [0.1, 0.15) is 78.1 Å². The Morgan fingerprint density at radius 3 is 1.56 bits per heavy atom. The second kappa shape index (κ2) is 13.5. The zero-order valence-electron chi connectivity index (χ0n) is 21.7. The molecule has 2 aromatic carbocycles. The number of carbonyl (C=O) groups excluding carboxylic acids is 1.